The standard InChI is InChI=1S/C22H20N4O5S/c1-3-31-19(28)17-12(2)14(10-23)18(32-17)24-16(27)11-26-20(29)22(25-21(26)30)9-8-13-6-4-5-7-15(13)22/h4-7H,3,8-9,11H2,1-2H3,(H,24,27)(H,25,30). The van der Waals surface area contributed by atoms with E-state index in [0.29, 0.717) is 18.4 Å². The molecule has 9 nitrogen and oxygen atoms in total. The summed E-state index contributed by atoms with van der Waals surface area (Å²) in [5.41, 5.74) is 1.14. The van der Waals surface area contributed by atoms with E-state index in [2.05, 4.69) is 10.6 Å². The van der Waals surface area contributed by atoms with Crippen molar-refractivity contribution in [3.05, 3.63) is 51.4 Å². The number of carbonyl (C=O) groups excluding carboxylic acids is 4. The summed E-state index contributed by atoms with van der Waals surface area (Å²) in [7, 11) is 0. The molecule has 1 unspecified atom stereocenters. The van der Waals surface area contributed by atoms with Crippen molar-refractivity contribution in [3.8, 4) is 6.07 Å². The molecule has 2 aliphatic rings. The van der Waals surface area contributed by atoms with Gasteiger partial charge in [-0.25, -0.2) is 9.59 Å². The summed E-state index contributed by atoms with van der Waals surface area (Å²) in [5.74, 6) is -1.70. The van der Waals surface area contributed by atoms with Crippen molar-refractivity contribution >= 4 is 40.2 Å². The Kier molecular flexibility index (Phi) is 5.44. The van der Waals surface area contributed by atoms with Crippen LogP contribution in [0.4, 0.5) is 9.80 Å². The summed E-state index contributed by atoms with van der Waals surface area (Å²) in [4.78, 5) is 51.7. The molecule has 1 aromatic carbocycles. The monoisotopic (exact) mass is 452 g/mol. The zero-order valence-electron chi connectivity index (χ0n) is 17.5. The van der Waals surface area contributed by atoms with Gasteiger partial charge in [-0.3, -0.25) is 14.5 Å². The minimum Gasteiger partial charge on any atom is -0.462 e. The minimum atomic E-state index is -1.15. The number of nitrogens with zero attached hydrogens (tertiary/aromatic N) is 2. The Morgan fingerprint density at radius 3 is 2.81 bits per heavy atom. The Hall–Kier alpha value is -3.71. The highest BCUT2D eigenvalue weighted by molar-refractivity contribution is 7.18. The number of carbonyl (C=O) groups is 4. The molecule has 1 fully saturated rings. The van der Waals surface area contributed by atoms with Crippen molar-refractivity contribution in [1.82, 2.24) is 10.2 Å². The summed E-state index contributed by atoms with van der Waals surface area (Å²) in [6, 6.07) is 8.76. The molecule has 1 aliphatic heterocycles. The Morgan fingerprint density at radius 1 is 1.34 bits per heavy atom. The van der Waals surface area contributed by atoms with E-state index in [-0.39, 0.29) is 22.0 Å². The molecule has 10 heteroatoms. The molecule has 32 heavy (non-hydrogen) atoms. The van der Waals surface area contributed by atoms with Gasteiger partial charge < -0.3 is 15.4 Å². The van der Waals surface area contributed by atoms with Crippen molar-refractivity contribution in [2.45, 2.75) is 32.2 Å². The zero-order valence-corrected chi connectivity index (χ0v) is 18.3. The van der Waals surface area contributed by atoms with E-state index < -0.39 is 35.9 Å². The van der Waals surface area contributed by atoms with Gasteiger partial charge in [-0.05, 0) is 43.4 Å². The van der Waals surface area contributed by atoms with Crippen LogP contribution in [0, 0.1) is 18.3 Å². The first-order valence-electron chi connectivity index (χ1n) is 10.0. The first-order valence-corrected chi connectivity index (χ1v) is 10.9. The van der Waals surface area contributed by atoms with E-state index in [4.69, 9.17) is 4.74 Å². The summed E-state index contributed by atoms with van der Waals surface area (Å²) >= 11 is 0.923. The Labute approximate surface area is 188 Å². The summed E-state index contributed by atoms with van der Waals surface area (Å²) in [6.45, 7) is 2.93. The van der Waals surface area contributed by atoms with Crippen LogP contribution in [0.15, 0.2) is 24.3 Å². The number of anilines is 1. The van der Waals surface area contributed by atoms with Crippen molar-refractivity contribution in [3.63, 3.8) is 0 Å². The summed E-state index contributed by atoms with van der Waals surface area (Å²) in [6.07, 6.45) is 1.08. The maximum Gasteiger partial charge on any atom is 0.348 e. The number of nitrogens with one attached hydrogen (secondary N) is 2. The SMILES string of the molecule is CCOC(=O)c1sc(NC(=O)CN2C(=O)NC3(CCc4ccccc43)C2=O)c(C#N)c1C. The number of rotatable bonds is 5. The number of hydrogen-bond acceptors (Lipinski definition) is 7. The summed E-state index contributed by atoms with van der Waals surface area (Å²) < 4.78 is 4.99. The van der Waals surface area contributed by atoms with Gasteiger partial charge in [-0.15, -0.1) is 11.3 Å². The molecule has 0 bridgehead atoms. The van der Waals surface area contributed by atoms with Crippen LogP contribution in [0.25, 0.3) is 0 Å². The van der Waals surface area contributed by atoms with Crippen LogP contribution in [0.1, 0.15) is 45.3 Å². The highest BCUT2D eigenvalue weighted by Gasteiger charge is 2.55. The molecule has 2 N–H and O–H groups in total. The number of amides is 4. The third-order valence-corrected chi connectivity index (χ3v) is 6.88. The van der Waals surface area contributed by atoms with Gasteiger partial charge in [0.05, 0.1) is 12.2 Å². The number of fused-ring (bicyclic) bond motifs is 2. The Bertz CT molecular complexity index is 1200. The summed E-state index contributed by atoms with van der Waals surface area (Å²) in [5, 5.41) is 15.0. The maximum absolute atomic E-state index is 13.2. The molecule has 0 saturated carbocycles. The number of thiophene rings is 1. The fourth-order valence-electron chi connectivity index (χ4n) is 4.17. The maximum atomic E-state index is 13.2. The van der Waals surface area contributed by atoms with Gasteiger partial charge in [0.15, 0.2) is 0 Å². The number of nitriles is 1. The van der Waals surface area contributed by atoms with Crippen molar-refractivity contribution in [2.24, 2.45) is 0 Å². The number of esters is 1. The smallest absolute Gasteiger partial charge is 0.348 e. The predicted octanol–water partition coefficient (Wildman–Crippen LogP) is 2.44. The van der Waals surface area contributed by atoms with Crippen LogP contribution < -0.4 is 10.6 Å². The largest absolute Gasteiger partial charge is 0.462 e. The predicted molar refractivity (Wildman–Crippen MR) is 115 cm³/mol. The van der Waals surface area contributed by atoms with Gasteiger partial charge in [0.25, 0.3) is 5.91 Å². The van der Waals surface area contributed by atoms with Gasteiger partial charge in [-0.1, -0.05) is 24.3 Å². The second-order valence-corrected chi connectivity index (χ2v) is 8.55. The van der Waals surface area contributed by atoms with Crippen molar-refractivity contribution < 1.29 is 23.9 Å². The van der Waals surface area contributed by atoms with E-state index >= 15 is 0 Å². The number of ether oxygens (including phenoxy) is 1. The minimum absolute atomic E-state index is 0.143. The van der Waals surface area contributed by atoms with Gasteiger partial charge in [-0.2, -0.15) is 5.26 Å². The van der Waals surface area contributed by atoms with Crippen molar-refractivity contribution in [2.75, 3.05) is 18.5 Å². The van der Waals surface area contributed by atoms with Crippen LogP contribution in [-0.2, 0) is 26.3 Å². The molecular weight excluding hydrogens is 432 g/mol. The van der Waals surface area contributed by atoms with E-state index in [1.807, 2.05) is 30.3 Å². The van der Waals surface area contributed by atoms with Crippen LogP contribution in [0.5, 0.6) is 0 Å². The molecule has 2 aromatic rings. The van der Waals surface area contributed by atoms with E-state index in [9.17, 15) is 24.4 Å². The molecule has 1 spiro atoms. The van der Waals surface area contributed by atoms with Gasteiger partial charge >= 0.3 is 12.0 Å². The number of benzene rings is 1. The molecule has 4 amide bonds. The first kappa shape index (κ1) is 21.5. The van der Waals surface area contributed by atoms with Gasteiger partial charge in [0.1, 0.15) is 28.0 Å². The van der Waals surface area contributed by atoms with Crippen LogP contribution in [0.2, 0.25) is 0 Å². The van der Waals surface area contributed by atoms with Crippen LogP contribution in [0.3, 0.4) is 0 Å². The quantitative estimate of drug-likeness (QED) is 0.530. The highest BCUT2D eigenvalue weighted by atomic mass is 32.1. The lowest BCUT2D eigenvalue weighted by atomic mass is 9.92. The molecule has 4 rings (SSSR count). The molecule has 2 heterocycles. The van der Waals surface area contributed by atoms with E-state index in [1.54, 1.807) is 13.8 Å². The van der Waals surface area contributed by atoms with E-state index in [0.717, 1.165) is 27.4 Å². The van der Waals surface area contributed by atoms with Gasteiger partial charge in [0.2, 0.25) is 5.91 Å². The number of aryl methyl sites for hydroxylation is 1. The average molecular weight is 452 g/mol. The number of hydrogen-bond donors (Lipinski definition) is 2. The highest BCUT2D eigenvalue weighted by Crippen LogP contribution is 2.41. The fraction of sp³-hybridized carbons (Fsp3) is 0.318. The third kappa shape index (κ3) is 3.31. The normalized spacial score (nSPS) is 19.0. The number of imide groups is 1. The third-order valence-electron chi connectivity index (χ3n) is 5.70. The topological polar surface area (TPSA) is 129 Å². The molecule has 1 saturated heterocycles. The van der Waals surface area contributed by atoms with Crippen molar-refractivity contribution in [1.29, 1.82) is 5.26 Å². The lowest BCUT2D eigenvalue weighted by Crippen LogP contribution is -2.42. The molecular formula is C22H20N4O5S. The molecule has 1 aromatic heterocycles. The van der Waals surface area contributed by atoms with E-state index in [1.165, 1.54) is 0 Å². The Balaban J connectivity index is 1.53. The average Bonchev–Trinajstić information content (AvgIpc) is 3.37. The number of urea groups is 1. The fourth-order valence-corrected chi connectivity index (χ4v) is 5.24. The zero-order chi connectivity index (χ0) is 23.0. The second-order valence-electron chi connectivity index (χ2n) is 7.52. The molecule has 1 aliphatic carbocycles. The Morgan fingerprint density at radius 2 is 2.09 bits per heavy atom. The molecule has 1 atom stereocenters. The van der Waals surface area contributed by atoms with Crippen LogP contribution in [-0.4, -0.2) is 41.9 Å². The van der Waals surface area contributed by atoms with Gasteiger partial charge in [0, 0.05) is 0 Å². The van der Waals surface area contributed by atoms with Crippen LogP contribution >= 0.6 is 11.3 Å². The second kappa shape index (κ2) is 8.09. The molecule has 0 radical (unpaired) electrons. The lowest BCUT2D eigenvalue weighted by Gasteiger charge is -2.22. The first-order chi connectivity index (χ1) is 15.3. The lowest BCUT2D eigenvalue weighted by molar-refractivity contribution is -0.134. The molecule has 164 valence electrons.